The normalized spacial score (nSPS) is 17.1. The van der Waals surface area contributed by atoms with Gasteiger partial charge in [0.15, 0.2) is 0 Å². The average molecular weight is 543 g/mol. The predicted molar refractivity (Wildman–Crippen MR) is 130 cm³/mol. The Hall–Kier alpha value is -2.17. The second-order valence-corrected chi connectivity index (χ2v) is 12.9. The van der Waals surface area contributed by atoms with Crippen LogP contribution in [0.4, 0.5) is 9.80 Å². The molecular formula is C21H23ClN4O5S3. The molecule has 34 heavy (non-hydrogen) atoms. The summed E-state index contributed by atoms with van der Waals surface area (Å²) < 4.78 is 32.6. The van der Waals surface area contributed by atoms with Gasteiger partial charge in [0.2, 0.25) is 5.91 Å². The molecule has 0 unspecified atom stereocenters. The van der Waals surface area contributed by atoms with E-state index in [1.165, 1.54) is 21.7 Å². The van der Waals surface area contributed by atoms with Crippen molar-refractivity contribution in [2.24, 2.45) is 5.92 Å². The van der Waals surface area contributed by atoms with Crippen LogP contribution in [0.2, 0.25) is 4.34 Å². The van der Waals surface area contributed by atoms with Crippen LogP contribution in [0.3, 0.4) is 0 Å². The number of hydrogen-bond acceptors (Lipinski definition) is 8. The topological polar surface area (TPSA) is 120 Å². The van der Waals surface area contributed by atoms with Crippen LogP contribution < -0.4 is 5.32 Å². The first kappa shape index (κ1) is 24.9. The second kappa shape index (κ2) is 10.2. The minimum Gasteiger partial charge on any atom is -0.450 e. The van der Waals surface area contributed by atoms with Gasteiger partial charge < -0.3 is 15.0 Å². The summed E-state index contributed by atoms with van der Waals surface area (Å²) in [4.78, 5) is 27.5. The molecule has 13 heteroatoms. The van der Waals surface area contributed by atoms with Gasteiger partial charge in [-0.3, -0.25) is 4.79 Å². The number of anilines is 1. The molecule has 0 saturated carbocycles. The third-order valence-electron chi connectivity index (χ3n) is 5.90. The highest BCUT2D eigenvalue weighted by Gasteiger charge is 2.34. The predicted octanol–water partition coefficient (Wildman–Crippen LogP) is 3.89. The maximum Gasteiger partial charge on any atom is 0.410 e. The molecular weight excluding hydrogens is 520 g/mol. The summed E-state index contributed by atoms with van der Waals surface area (Å²) in [5.41, 5.74) is 1.30. The van der Waals surface area contributed by atoms with Crippen LogP contribution in [0.15, 0.2) is 16.3 Å². The first-order chi connectivity index (χ1) is 16.2. The fourth-order valence-corrected chi connectivity index (χ4v) is 8.44. The van der Waals surface area contributed by atoms with Gasteiger partial charge in [-0.2, -0.15) is 9.57 Å². The van der Waals surface area contributed by atoms with Gasteiger partial charge in [-0.15, -0.1) is 22.7 Å². The van der Waals surface area contributed by atoms with Crippen molar-refractivity contribution in [3.05, 3.63) is 32.5 Å². The Kier molecular flexibility index (Phi) is 7.49. The van der Waals surface area contributed by atoms with Gasteiger partial charge in [0.1, 0.15) is 15.3 Å². The van der Waals surface area contributed by atoms with Crippen LogP contribution in [-0.4, -0.2) is 55.9 Å². The van der Waals surface area contributed by atoms with Gasteiger partial charge in [-0.25, -0.2) is 13.2 Å². The Balaban J connectivity index is 1.40. The number of nitrogens with zero attached hydrogens (tertiary/aromatic N) is 3. The molecule has 2 aromatic rings. The molecule has 1 saturated heterocycles. The van der Waals surface area contributed by atoms with Crippen LogP contribution in [0.1, 0.15) is 35.8 Å². The van der Waals surface area contributed by atoms with Gasteiger partial charge in [0, 0.05) is 30.4 Å². The number of sulfonamides is 1. The van der Waals surface area contributed by atoms with Gasteiger partial charge in [0.25, 0.3) is 10.0 Å². The van der Waals surface area contributed by atoms with Gasteiger partial charge in [-0.1, -0.05) is 11.6 Å². The van der Waals surface area contributed by atoms with E-state index in [-0.39, 0.29) is 29.1 Å². The molecule has 2 amide bonds. The van der Waals surface area contributed by atoms with Crippen LogP contribution in [-0.2, 0) is 32.5 Å². The van der Waals surface area contributed by atoms with E-state index in [9.17, 15) is 23.3 Å². The van der Waals surface area contributed by atoms with Crippen molar-refractivity contribution in [1.82, 2.24) is 9.21 Å². The monoisotopic (exact) mass is 542 g/mol. The van der Waals surface area contributed by atoms with Crippen molar-refractivity contribution < 1.29 is 22.7 Å². The first-order valence-electron chi connectivity index (χ1n) is 10.8. The molecule has 1 N–H and O–H groups in total. The average Bonchev–Trinajstić information content (AvgIpc) is 3.42. The van der Waals surface area contributed by atoms with E-state index in [2.05, 4.69) is 11.4 Å². The number of hydrogen-bond donors (Lipinski definition) is 1. The number of halogens is 1. The number of carbonyl (C=O) groups excluding carboxylic acids is 2. The van der Waals surface area contributed by atoms with E-state index in [1.807, 2.05) is 0 Å². The third kappa shape index (κ3) is 4.94. The van der Waals surface area contributed by atoms with E-state index in [0.717, 1.165) is 21.8 Å². The second-order valence-electron chi connectivity index (χ2n) is 7.92. The molecule has 2 aromatic heterocycles. The zero-order valence-electron chi connectivity index (χ0n) is 18.4. The van der Waals surface area contributed by atoms with E-state index < -0.39 is 16.1 Å². The number of piperidine rings is 1. The maximum atomic E-state index is 13.0. The highest BCUT2D eigenvalue weighted by atomic mass is 35.5. The molecule has 4 heterocycles. The Morgan fingerprint density at radius 3 is 2.62 bits per heavy atom. The molecule has 0 atom stereocenters. The summed E-state index contributed by atoms with van der Waals surface area (Å²) in [6.07, 6.45) is 0.894. The van der Waals surface area contributed by atoms with E-state index in [1.54, 1.807) is 17.9 Å². The number of amides is 2. The minimum absolute atomic E-state index is 0.195. The Bertz CT molecular complexity index is 1240. The molecule has 0 bridgehead atoms. The molecule has 0 radical (unpaired) electrons. The van der Waals surface area contributed by atoms with Crippen LogP contribution in [0.25, 0.3) is 0 Å². The molecule has 2 aliphatic heterocycles. The lowest BCUT2D eigenvalue weighted by Crippen LogP contribution is -2.41. The molecule has 4 rings (SSSR count). The SMILES string of the molecule is CCOC(=O)N1CCc2c(sc(NC(=O)C3CCN(S(=O)(=O)c4ccc(Cl)s4)CC3)c2C#N)C1. The first-order valence-corrected chi connectivity index (χ1v) is 14.2. The van der Waals surface area contributed by atoms with Crippen molar-refractivity contribution >= 4 is 61.3 Å². The van der Waals surface area contributed by atoms with Gasteiger partial charge >= 0.3 is 6.09 Å². The summed E-state index contributed by atoms with van der Waals surface area (Å²) in [6.45, 7) is 3.29. The summed E-state index contributed by atoms with van der Waals surface area (Å²) in [6, 6.07) is 5.24. The van der Waals surface area contributed by atoms with Gasteiger partial charge in [0.05, 0.1) is 23.1 Å². The maximum absolute atomic E-state index is 13.0. The lowest BCUT2D eigenvalue weighted by molar-refractivity contribution is -0.120. The quantitative estimate of drug-likeness (QED) is 0.612. The highest BCUT2D eigenvalue weighted by Crippen LogP contribution is 2.37. The molecule has 182 valence electrons. The third-order valence-corrected chi connectivity index (χ3v) is 10.6. The summed E-state index contributed by atoms with van der Waals surface area (Å²) >= 11 is 8.20. The lowest BCUT2D eigenvalue weighted by Gasteiger charge is -2.30. The molecule has 0 spiro atoms. The van der Waals surface area contributed by atoms with Crippen molar-refractivity contribution in [3.8, 4) is 6.07 Å². The summed E-state index contributed by atoms with van der Waals surface area (Å²) in [5.74, 6) is -0.589. The number of nitrogens with one attached hydrogen (secondary N) is 1. The number of rotatable bonds is 5. The molecule has 0 aromatic carbocycles. The molecule has 1 fully saturated rings. The standard InChI is InChI=1S/C21H23ClN4O5S3/c1-2-31-21(28)25-8-7-14-15(11-23)20(32-16(14)12-25)24-19(27)13-5-9-26(10-6-13)34(29,30)18-4-3-17(22)33-18/h3-4,13H,2,5-10,12H2,1H3,(H,24,27). The minimum atomic E-state index is -3.63. The van der Waals surface area contributed by atoms with Crippen molar-refractivity contribution in [2.75, 3.05) is 31.6 Å². The molecule has 2 aliphatic rings. The van der Waals surface area contributed by atoms with Crippen LogP contribution in [0.5, 0.6) is 0 Å². The molecule has 0 aliphatic carbocycles. The zero-order valence-corrected chi connectivity index (χ0v) is 21.6. The number of fused-ring (bicyclic) bond motifs is 1. The van der Waals surface area contributed by atoms with Crippen molar-refractivity contribution in [1.29, 1.82) is 5.26 Å². The van der Waals surface area contributed by atoms with E-state index in [4.69, 9.17) is 16.3 Å². The van der Waals surface area contributed by atoms with Crippen molar-refractivity contribution in [2.45, 2.75) is 36.9 Å². The molecule has 9 nitrogen and oxygen atoms in total. The van der Waals surface area contributed by atoms with Crippen molar-refractivity contribution in [3.63, 3.8) is 0 Å². The van der Waals surface area contributed by atoms with Gasteiger partial charge in [-0.05, 0) is 43.9 Å². The zero-order chi connectivity index (χ0) is 24.5. The Labute approximate surface area is 210 Å². The van der Waals surface area contributed by atoms with Crippen LogP contribution >= 0.6 is 34.3 Å². The summed E-state index contributed by atoms with van der Waals surface area (Å²) in [7, 11) is -3.63. The van der Waals surface area contributed by atoms with Crippen LogP contribution in [0, 0.1) is 17.2 Å². The highest BCUT2D eigenvalue weighted by molar-refractivity contribution is 7.91. The fourth-order valence-electron chi connectivity index (χ4n) is 4.12. The fraction of sp³-hybridized carbons (Fsp3) is 0.476. The van der Waals surface area contributed by atoms with E-state index >= 15 is 0 Å². The Morgan fingerprint density at radius 1 is 1.26 bits per heavy atom. The summed E-state index contributed by atoms with van der Waals surface area (Å²) in [5, 5.41) is 13.1. The largest absolute Gasteiger partial charge is 0.450 e. The number of ether oxygens (including phenoxy) is 1. The lowest BCUT2D eigenvalue weighted by atomic mass is 9.97. The number of carbonyl (C=O) groups is 2. The number of thiophene rings is 2. The van der Waals surface area contributed by atoms with E-state index in [0.29, 0.717) is 53.9 Å². The Morgan fingerprint density at radius 2 is 2.00 bits per heavy atom. The smallest absolute Gasteiger partial charge is 0.410 e. The number of nitriles is 1.